The van der Waals surface area contributed by atoms with Crippen LogP contribution in [0.3, 0.4) is 0 Å². The minimum absolute atomic E-state index is 0.0980. The number of imide groups is 1. The fraction of sp³-hybridized carbons (Fsp3) is 0.711. The van der Waals surface area contributed by atoms with Gasteiger partial charge in [0, 0.05) is 41.8 Å². The van der Waals surface area contributed by atoms with E-state index in [0.717, 1.165) is 43.5 Å². The highest BCUT2D eigenvalue weighted by atomic mass is 16.6. The lowest BCUT2D eigenvalue weighted by atomic mass is 9.44. The largest absolute Gasteiger partial charge is 0.494 e. The van der Waals surface area contributed by atoms with Crippen molar-refractivity contribution in [3.8, 4) is 5.75 Å². The lowest BCUT2D eigenvalue weighted by Gasteiger charge is -2.61. The van der Waals surface area contributed by atoms with Gasteiger partial charge in [-0.05, 0) is 105 Å². The van der Waals surface area contributed by atoms with Gasteiger partial charge in [-0.2, -0.15) is 0 Å². The van der Waals surface area contributed by atoms with Crippen molar-refractivity contribution in [3.05, 3.63) is 42.0 Å². The molecular weight excluding hydrogens is 580 g/mol. The number of carbonyl (C=O) groups is 3. The molecule has 2 bridgehead atoms. The molecule has 1 aromatic carbocycles. The first-order valence-corrected chi connectivity index (χ1v) is 17.8. The van der Waals surface area contributed by atoms with Crippen LogP contribution in [0.15, 0.2) is 30.9 Å². The summed E-state index contributed by atoms with van der Waals surface area (Å²) in [6.07, 6.45) is 8.43. The summed E-state index contributed by atoms with van der Waals surface area (Å²) >= 11 is 0. The van der Waals surface area contributed by atoms with Crippen LogP contribution in [-0.2, 0) is 16.0 Å². The molecule has 4 fully saturated rings. The summed E-state index contributed by atoms with van der Waals surface area (Å²) < 4.78 is 12.5. The second-order valence-electron chi connectivity index (χ2n) is 15.6. The van der Waals surface area contributed by atoms with Crippen molar-refractivity contribution < 1.29 is 29.0 Å². The molecule has 5 aliphatic rings. The smallest absolute Gasteiger partial charge is 0.417 e. The normalized spacial score (nSPS) is 37.9. The molecule has 46 heavy (non-hydrogen) atoms. The molecule has 0 radical (unpaired) electrons. The number of aliphatic hydroxyl groups is 1. The van der Waals surface area contributed by atoms with Crippen molar-refractivity contribution in [2.24, 2.45) is 34.0 Å². The number of hydrogen-bond donors (Lipinski definition) is 1. The Hall–Kier alpha value is -2.71. The van der Waals surface area contributed by atoms with E-state index in [1.807, 2.05) is 19.1 Å². The maximum absolute atomic E-state index is 14.0. The molecule has 3 aliphatic carbocycles. The third-order valence-electron chi connectivity index (χ3n) is 13.3. The molecule has 0 aromatic heterocycles. The van der Waals surface area contributed by atoms with Crippen LogP contribution in [0.2, 0.25) is 0 Å². The summed E-state index contributed by atoms with van der Waals surface area (Å²) in [4.78, 5) is 45.1. The molecule has 2 heterocycles. The van der Waals surface area contributed by atoms with Gasteiger partial charge in [0.25, 0.3) is 5.91 Å². The van der Waals surface area contributed by atoms with Gasteiger partial charge in [0.05, 0.1) is 12.7 Å². The van der Waals surface area contributed by atoms with Crippen LogP contribution in [0, 0.1) is 34.0 Å². The molecule has 1 aromatic rings. The van der Waals surface area contributed by atoms with Crippen molar-refractivity contribution in [3.63, 3.8) is 0 Å². The summed E-state index contributed by atoms with van der Waals surface area (Å²) in [5.41, 5.74) is -0.338. The van der Waals surface area contributed by atoms with Gasteiger partial charge in [-0.1, -0.05) is 40.2 Å². The Kier molecular flexibility index (Phi) is 9.18. The first-order valence-electron chi connectivity index (χ1n) is 17.8. The van der Waals surface area contributed by atoms with Crippen LogP contribution in [0.25, 0.3) is 0 Å². The van der Waals surface area contributed by atoms with E-state index in [1.54, 1.807) is 12.1 Å². The molecular formula is C38H54N2O6. The van der Waals surface area contributed by atoms with Crippen LogP contribution >= 0.6 is 0 Å². The number of hydrogen-bond acceptors (Lipinski definition) is 7. The van der Waals surface area contributed by atoms with Gasteiger partial charge in [0.1, 0.15) is 17.6 Å². The molecule has 2 aliphatic heterocycles. The van der Waals surface area contributed by atoms with E-state index in [0.29, 0.717) is 31.4 Å². The first-order chi connectivity index (χ1) is 21.9. The Morgan fingerprint density at radius 2 is 1.85 bits per heavy atom. The summed E-state index contributed by atoms with van der Waals surface area (Å²) in [5, 5.41) is 11.8. The maximum Gasteiger partial charge on any atom is 0.417 e. The molecule has 3 saturated carbocycles. The molecule has 1 saturated heterocycles. The van der Waals surface area contributed by atoms with Crippen LogP contribution < -0.4 is 4.74 Å². The molecule has 0 unspecified atom stereocenters. The Labute approximate surface area is 274 Å². The number of likely N-dealkylation sites (tertiary alicyclic amines) is 1. The molecule has 1 N–H and O–H groups in total. The zero-order valence-corrected chi connectivity index (χ0v) is 28.4. The van der Waals surface area contributed by atoms with E-state index >= 15 is 0 Å². The fourth-order valence-corrected chi connectivity index (χ4v) is 10.1. The number of piperidine rings is 1. The number of aliphatic hydroxyl groups excluding tert-OH is 1. The second-order valence-corrected chi connectivity index (χ2v) is 15.6. The van der Waals surface area contributed by atoms with Gasteiger partial charge in [0.15, 0.2) is 0 Å². The standard InChI is InChI=1S/C38H54N2O6/c1-6-36(4)24-31(37(5)25(2)13-16-38(26(3)33(36)42)17-14-30(41)32(37)38)46-35(44)40-21-15-27-23-28(11-12-29(27)34(40)43)45-22-10-20-39-18-8-7-9-19-39/h6,11-12,23,25-26,31-33,42H,1,7-10,13-22,24H2,2-5H3/t25-,26+,31-,32+,33+,36-,37+,38+/m1/s1. The topological polar surface area (TPSA) is 96.4 Å². The average molecular weight is 635 g/mol. The maximum atomic E-state index is 14.0. The highest BCUT2D eigenvalue weighted by Crippen LogP contribution is 2.68. The minimum atomic E-state index is -0.734. The number of rotatable bonds is 7. The molecule has 6 rings (SSSR count). The van der Waals surface area contributed by atoms with E-state index in [2.05, 4.69) is 32.3 Å². The number of ketones is 1. The number of amides is 2. The Morgan fingerprint density at radius 3 is 2.59 bits per heavy atom. The summed E-state index contributed by atoms with van der Waals surface area (Å²) in [7, 11) is 0. The highest BCUT2D eigenvalue weighted by Gasteiger charge is 2.68. The first kappa shape index (κ1) is 33.2. The van der Waals surface area contributed by atoms with E-state index in [4.69, 9.17) is 9.47 Å². The Bertz CT molecular complexity index is 1360. The molecule has 8 atom stereocenters. The number of fused-ring (bicyclic) bond motifs is 1. The fourth-order valence-electron chi connectivity index (χ4n) is 10.1. The Balaban J connectivity index is 1.19. The van der Waals surface area contributed by atoms with Gasteiger partial charge in [-0.15, -0.1) is 6.58 Å². The number of Topliss-reactive ketones (excluding diaryl/α,β-unsaturated/α-hetero) is 1. The molecule has 2 amide bonds. The van der Waals surface area contributed by atoms with Crippen LogP contribution in [0.1, 0.15) is 101 Å². The van der Waals surface area contributed by atoms with Crippen LogP contribution in [-0.4, -0.2) is 77.7 Å². The second kappa shape index (κ2) is 12.7. The molecule has 8 heteroatoms. The van der Waals surface area contributed by atoms with Gasteiger partial charge in [0.2, 0.25) is 0 Å². The number of ether oxygens (including phenoxy) is 2. The van der Waals surface area contributed by atoms with Gasteiger partial charge in [-0.3, -0.25) is 9.59 Å². The average Bonchev–Trinajstić information content (AvgIpc) is 3.41. The number of carbonyl (C=O) groups excluding carboxylic acids is 3. The van der Waals surface area contributed by atoms with Crippen molar-refractivity contribution in [2.45, 2.75) is 104 Å². The Morgan fingerprint density at radius 1 is 1.09 bits per heavy atom. The van der Waals surface area contributed by atoms with Crippen molar-refractivity contribution in [2.75, 3.05) is 32.8 Å². The van der Waals surface area contributed by atoms with E-state index < -0.39 is 29.1 Å². The highest BCUT2D eigenvalue weighted by molar-refractivity contribution is 6.05. The third kappa shape index (κ3) is 5.51. The van der Waals surface area contributed by atoms with Crippen LogP contribution in [0.4, 0.5) is 4.79 Å². The predicted octanol–water partition coefficient (Wildman–Crippen LogP) is 6.44. The molecule has 0 spiro atoms. The van der Waals surface area contributed by atoms with Crippen molar-refractivity contribution >= 4 is 17.8 Å². The van der Waals surface area contributed by atoms with E-state index in [1.165, 1.54) is 37.3 Å². The summed E-state index contributed by atoms with van der Waals surface area (Å²) in [5.74, 6) is 0.302. The van der Waals surface area contributed by atoms with E-state index in [9.17, 15) is 19.5 Å². The number of nitrogens with zero attached hydrogens (tertiary/aromatic N) is 2. The molecule has 8 nitrogen and oxygen atoms in total. The van der Waals surface area contributed by atoms with Crippen molar-refractivity contribution in [1.29, 1.82) is 0 Å². The van der Waals surface area contributed by atoms with Crippen molar-refractivity contribution in [1.82, 2.24) is 9.80 Å². The van der Waals surface area contributed by atoms with E-state index in [-0.39, 0.29) is 41.4 Å². The van der Waals surface area contributed by atoms with Crippen LogP contribution in [0.5, 0.6) is 5.75 Å². The van der Waals surface area contributed by atoms with Gasteiger partial charge in [-0.25, -0.2) is 9.69 Å². The zero-order valence-electron chi connectivity index (χ0n) is 28.4. The number of benzene rings is 1. The quantitative estimate of drug-likeness (QED) is 0.272. The predicted molar refractivity (Wildman–Crippen MR) is 177 cm³/mol. The third-order valence-corrected chi connectivity index (χ3v) is 13.3. The lowest BCUT2D eigenvalue weighted by Crippen LogP contribution is -2.63. The summed E-state index contributed by atoms with van der Waals surface area (Å²) in [6, 6.07) is 5.50. The minimum Gasteiger partial charge on any atom is -0.494 e. The van der Waals surface area contributed by atoms with Gasteiger partial charge >= 0.3 is 6.09 Å². The zero-order chi connectivity index (χ0) is 32.9. The SMILES string of the molecule is C=C[C@]1(C)C[C@@H](OC(=O)N2CCc3cc(OCCCN4CCCCC4)ccc3C2=O)[C@]2(C)[C@H](C)CC[C@]3(CCC(=O)[C@H]32)[C@@H](C)[C@@H]1O. The molecule has 252 valence electrons. The lowest BCUT2D eigenvalue weighted by molar-refractivity contribution is -0.192. The monoisotopic (exact) mass is 634 g/mol. The van der Waals surface area contributed by atoms with Gasteiger partial charge < -0.3 is 19.5 Å². The summed E-state index contributed by atoms with van der Waals surface area (Å²) in [6.45, 7) is 16.7.